The smallest absolute Gasteiger partial charge is 0.271 e. The number of nitrogens with zero attached hydrogens (tertiary/aromatic N) is 2. The van der Waals surface area contributed by atoms with Crippen LogP contribution in [-0.4, -0.2) is 24.0 Å². The molecule has 1 saturated heterocycles. The number of amides is 1. The molecule has 1 amide bonds. The molecule has 0 saturated carbocycles. The van der Waals surface area contributed by atoms with Crippen LogP contribution in [0.4, 0.5) is 11.4 Å². The van der Waals surface area contributed by atoms with Crippen LogP contribution in [0.25, 0.3) is 0 Å². The van der Waals surface area contributed by atoms with E-state index in [-0.39, 0.29) is 16.6 Å². The fourth-order valence-electron chi connectivity index (χ4n) is 3.43. The standard InChI is InChI=1S/C22H16Cl2N2O5/c1-30-17-9-7-15(8-10-17)25-20(13-2-5-16(6-3-13)26(28)29)21(22(25)27)31-19-11-4-14(23)12-18(19)24/h2-12,20-21H,1H3/t20-,21+/m1/s1. The summed E-state index contributed by atoms with van der Waals surface area (Å²) in [6.45, 7) is 0. The molecule has 0 unspecified atom stereocenters. The highest BCUT2D eigenvalue weighted by Gasteiger charge is 2.51. The van der Waals surface area contributed by atoms with Gasteiger partial charge in [0.2, 0.25) is 6.10 Å². The van der Waals surface area contributed by atoms with Gasteiger partial charge in [-0.1, -0.05) is 23.2 Å². The van der Waals surface area contributed by atoms with Crippen LogP contribution in [0.5, 0.6) is 11.5 Å². The van der Waals surface area contributed by atoms with Crippen molar-refractivity contribution in [1.82, 2.24) is 0 Å². The Morgan fingerprint density at radius 1 is 1.00 bits per heavy atom. The first-order valence-corrected chi connectivity index (χ1v) is 9.98. The minimum Gasteiger partial charge on any atom is -0.497 e. The normalized spacial score (nSPS) is 17.8. The Hall–Kier alpha value is -3.29. The minimum absolute atomic E-state index is 0.0383. The van der Waals surface area contributed by atoms with E-state index >= 15 is 0 Å². The molecule has 0 N–H and O–H groups in total. The number of carbonyl (C=O) groups excluding carboxylic acids is 1. The first kappa shape index (κ1) is 21.0. The molecule has 1 aliphatic heterocycles. The predicted octanol–water partition coefficient (Wildman–Crippen LogP) is 5.45. The molecule has 1 heterocycles. The first-order valence-electron chi connectivity index (χ1n) is 9.22. The Labute approximate surface area is 187 Å². The second-order valence-electron chi connectivity index (χ2n) is 6.81. The van der Waals surface area contributed by atoms with E-state index in [4.69, 9.17) is 32.7 Å². The van der Waals surface area contributed by atoms with E-state index in [1.54, 1.807) is 60.5 Å². The van der Waals surface area contributed by atoms with Gasteiger partial charge in [0.25, 0.3) is 11.6 Å². The van der Waals surface area contributed by atoms with Crippen LogP contribution < -0.4 is 14.4 Å². The Morgan fingerprint density at radius 2 is 1.68 bits per heavy atom. The highest BCUT2D eigenvalue weighted by atomic mass is 35.5. The molecular weight excluding hydrogens is 443 g/mol. The van der Waals surface area contributed by atoms with Gasteiger partial charge in [-0.3, -0.25) is 19.8 Å². The van der Waals surface area contributed by atoms with Crippen LogP contribution in [0.1, 0.15) is 11.6 Å². The highest BCUT2D eigenvalue weighted by molar-refractivity contribution is 6.35. The van der Waals surface area contributed by atoms with Crippen LogP contribution in [-0.2, 0) is 4.79 Å². The summed E-state index contributed by atoms with van der Waals surface area (Å²) in [5.74, 6) is 0.717. The van der Waals surface area contributed by atoms with Gasteiger partial charge in [0.1, 0.15) is 17.5 Å². The quantitative estimate of drug-likeness (QED) is 0.278. The monoisotopic (exact) mass is 458 g/mol. The van der Waals surface area contributed by atoms with Crippen molar-refractivity contribution in [2.75, 3.05) is 12.0 Å². The van der Waals surface area contributed by atoms with Gasteiger partial charge < -0.3 is 9.47 Å². The summed E-state index contributed by atoms with van der Waals surface area (Å²) in [7, 11) is 1.56. The largest absolute Gasteiger partial charge is 0.497 e. The predicted molar refractivity (Wildman–Crippen MR) is 117 cm³/mol. The molecule has 0 bridgehead atoms. The summed E-state index contributed by atoms with van der Waals surface area (Å²) < 4.78 is 11.1. The third kappa shape index (κ3) is 4.02. The number of carbonyl (C=O) groups is 1. The minimum atomic E-state index is -0.859. The molecule has 31 heavy (non-hydrogen) atoms. The summed E-state index contributed by atoms with van der Waals surface area (Å²) >= 11 is 12.2. The van der Waals surface area contributed by atoms with Crippen LogP contribution in [0, 0.1) is 10.1 Å². The zero-order valence-corrected chi connectivity index (χ0v) is 17.7. The van der Waals surface area contributed by atoms with Crippen LogP contribution in [0.15, 0.2) is 66.7 Å². The Kier molecular flexibility index (Phi) is 5.71. The SMILES string of the molecule is COc1ccc(N2C(=O)[C@@H](Oc3ccc(Cl)cc3Cl)[C@H]2c2ccc([N+](=O)[O-])cc2)cc1. The van der Waals surface area contributed by atoms with Gasteiger partial charge in [0, 0.05) is 22.8 Å². The number of nitro benzene ring substituents is 1. The van der Waals surface area contributed by atoms with Crippen molar-refractivity contribution in [3.63, 3.8) is 0 Å². The molecule has 4 rings (SSSR count). The maximum absolute atomic E-state index is 13.1. The first-order chi connectivity index (χ1) is 14.9. The number of nitro groups is 1. The molecule has 7 nitrogen and oxygen atoms in total. The van der Waals surface area contributed by atoms with Crippen molar-refractivity contribution in [3.05, 3.63) is 92.5 Å². The van der Waals surface area contributed by atoms with Crippen LogP contribution in [0.3, 0.4) is 0 Å². The molecule has 3 aromatic rings. The van der Waals surface area contributed by atoms with Crippen LogP contribution >= 0.6 is 23.2 Å². The lowest BCUT2D eigenvalue weighted by molar-refractivity contribution is -0.384. The Morgan fingerprint density at radius 3 is 2.26 bits per heavy atom. The number of hydrogen-bond donors (Lipinski definition) is 0. The summed E-state index contributed by atoms with van der Waals surface area (Å²) in [5.41, 5.74) is 1.30. The topological polar surface area (TPSA) is 81.9 Å². The zero-order chi connectivity index (χ0) is 22.1. The molecule has 0 aromatic heterocycles. The molecule has 0 spiro atoms. The van der Waals surface area contributed by atoms with Gasteiger partial charge >= 0.3 is 0 Å². The second kappa shape index (κ2) is 8.45. The van der Waals surface area contributed by atoms with Crippen molar-refractivity contribution in [2.24, 2.45) is 0 Å². The van der Waals surface area contributed by atoms with Crippen molar-refractivity contribution >= 4 is 40.5 Å². The average molecular weight is 459 g/mol. The lowest BCUT2D eigenvalue weighted by Crippen LogP contribution is -2.61. The number of β-lactam (4-membered cyclic amide) rings is 1. The Balaban J connectivity index is 1.69. The molecule has 158 valence electrons. The number of methoxy groups -OCH3 is 1. The summed E-state index contributed by atoms with van der Waals surface area (Å²) in [5, 5.41) is 11.7. The third-order valence-electron chi connectivity index (χ3n) is 4.99. The van der Waals surface area contributed by atoms with Gasteiger partial charge in [0.15, 0.2) is 0 Å². The highest BCUT2D eigenvalue weighted by Crippen LogP contribution is 2.43. The number of non-ortho nitro benzene ring substituents is 1. The lowest BCUT2D eigenvalue weighted by Gasteiger charge is -2.46. The van der Waals surface area contributed by atoms with E-state index in [2.05, 4.69) is 0 Å². The summed E-state index contributed by atoms with van der Waals surface area (Å²) in [6, 6.07) is 17.3. The number of anilines is 1. The molecule has 1 aliphatic rings. The van der Waals surface area contributed by atoms with E-state index in [9.17, 15) is 14.9 Å². The van der Waals surface area contributed by atoms with Crippen LogP contribution in [0.2, 0.25) is 10.0 Å². The van der Waals surface area contributed by atoms with Gasteiger partial charge in [-0.05, 0) is 60.2 Å². The van der Waals surface area contributed by atoms with Crippen molar-refractivity contribution in [3.8, 4) is 11.5 Å². The van der Waals surface area contributed by atoms with Crippen molar-refractivity contribution < 1.29 is 19.2 Å². The van der Waals surface area contributed by atoms with Crippen molar-refractivity contribution in [2.45, 2.75) is 12.1 Å². The zero-order valence-electron chi connectivity index (χ0n) is 16.2. The second-order valence-corrected chi connectivity index (χ2v) is 7.66. The fourth-order valence-corrected chi connectivity index (χ4v) is 3.89. The van der Waals surface area contributed by atoms with E-state index < -0.39 is 17.1 Å². The molecule has 2 atom stereocenters. The molecular formula is C22H16Cl2N2O5. The van der Waals surface area contributed by atoms with Gasteiger partial charge in [-0.2, -0.15) is 0 Å². The fraction of sp³-hybridized carbons (Fsp3) is 0.136. The number of benzene rings is 3. The molecule has 9 heteroatoms. The Bertz CT molecular complexity index is 1140. The lowest BCUT2D eigenvalue weighted by atomic mass is 9.89. The summed E-state index contributed by atoms with van der Waals surface area (Å²) in [4.78, 5) is 25.2. The summed E-state index contributed by atoms with van der Waals surface area (Å²) in [6.07, 6.45) is -0.859. The third-order valence-corrected chi connectivity index (χ3v) is 5.52. The van der Waals surface area contributed by atoms with Gasteiger partial charge in [0.05, 0.1) is 17.1 Å². The van der Waals surface area contributed by atoms with Crippen molar-refractivity contribution in [1.29, 1.82) is 0 Å². The molecule has 0 radical (unpaired) electrons. The van der Waals surface area contributed by atoms with E-state index in [1.165, 1.54) is 18.2 Å². The number of halogens is 2. The van der Waals surface area contributed by atoms with E-state index in [0.29, 0.717) is 27.8 Å². The average Bonchev–Trinajstić information content (AvgIpc) is 2.77. The maximum Gasteiger partial charge on any atom is 0.271 e. The number of hydrogen-bond acceptors (Lipinski definition) is 5. The molecule has 0 aliphatic carbocycles. The van der Waals surface area contributed by atoms with Gasteiger partial charge in [-0.25, -0.2) is 0 Å². The number of rotatable bonds is 6. The maximum atomic E-state index is 13.1. The molecule has 3 aromatic carbocycles. The van der Waals surface area contributed by atoms with E-state index in [0.717, 1.165) is 0 Å². The number of ether oxygens (including phenoxy) is 2. The molecule has 1 fully saturated rings. The van der Waals surface area contributed by atoms with Gasteiger partial charge in [-0.15, -0.1) is 0 Å². The van der Waals surface area contributed by atoms with E-state index in [1.807, 2.05) is 0 Å².